The predicted molar refractivity (Wildman–Crippen MR) is 50.5 cm³/mol. The number of hydrogen-bond donors (Lipinski definition) is 2. The Hall–Kier alpha value is -2.44. The summed E-state index contributed by atoms with van der Waals surface area (Å²) in [5, 5.41) is 21.0. The molecule has 0 bridgehead atoms. The number of phenols is 1. The van der Waals surface area contributed by atoms with Crippen molar-refractivity contribution >= 4 is 5.97 Å². The molecule has 2 N–H and O–H groups in total. The van der Waals surface area contributed by atoms with Crippen LogP contribution in [0.3, 0.4) is 0 Å². The Morgan fingerprint density at radius 1 is 1.24 bits per heavy atom. The molecule has 5 nitrogen and oxygen atoms in total. The zero-order valence-electron chi connectivity index (χ0n) is 8.15. The third-order valence-corrected chi connectivity index (χ3v) is 2.03. The third kappa shape index (κ3) is 1.94. The molecule has 1 aromatic heterocycles. The van der Waals surface area contributed by atoms with Gasteiger partial charge in [0, 0.05) is 17.7 Å². The van der Waals surface area contributed by atoms with E-state index in [0.717, 1.165) is 12.1 Å². The number of aromatic nitrogens is 1. The number of carboxylic acids is 1. The lowest BCUT2D eigenvalue weighted by atomic mass is 10.1. The van der Waals surface area contributed by atoms with Gasteiger partial charge in [-0.15, -0.1) is 0 Å². The molecule has 2 aromatic rings. The standard InChI is InChI=1S/C10H5F2NO4/c11-5-2-6(12)8(14)1-4(5)7-3-9(10(15)16)17-13-7/h1-3,14H,(H,15,16). The molecular formula is C10H5F2NO4. The van der Waals surface area contributed by atoms with Crippen LogP contribution in [-0.4, -0.2) is 21.3 Å². The van der Waals surface area contributed by atoms with Crippen LogP contribution >= 0.6 is 0 Å². The van der Waals surface area contributed by atoms with Crippen LogP contribution in [0.2, 0.25) is 0 Å². The summed E-state index contributed by atoms with van der Waals surface area (Å²) in [6, 6.07) is 2.24. The SMILES string of the molecule is O=C(O)c1cc(-c2cc(O)c(F)cc2F)no1. The first-order valence-electron chi connectivity index (χ1n) is 4.37. The van der Waals surface area contributed by atoms with Gasteiger partial charge in [-0.3, -0.25) is 0 Å². The van der Waals surface area contributed by atoms with Crippen molar-refractivity contribution in [2.75, 3.05) is 0 Å². The highest BCUT2D eigenvalue weighted by atomic mass is 19.1. The first kappa shape index (κ1) is 11.1. The molecule has 0 unspecified atom stereocenters. The van der Waals surface area contributed by atoms with E-state index in [9.17, 15) is 13.6 Å². The van der Waals surface area contributed by atoms with Gasteiger partial charge in [-0.1, -0.05) is 5.16 Å². The highest BCUT2D eigenvalue weighted by molar-refractivity contribution is 5.85. The second kappa shape index (κ2) is 3.85. The Balaban J connectivity index is 2.52. The van der Waals surface area contributed by atoms with Crippen LogP contribution in [0.5, 0.6) is 5.75 Å². The minimum Gasteiger partial charge on any atom is -0.505 e. The molecule has 0 saturated heterocycles. The Kier molecular flexibility index (Phi) is 2.51. The zero-order chi connectivity index (χ0) is 12.6. The van der Waals surface area contributed by atoms with Crippen molar-refractivity contribution in [3.8, 4) is 17.0 Å². The fourth-order valence-corrected chi connectivity index (χ4v) is 1.24. The third-order valence-electron chi connectivity index (χ3n) is 2.03. The summed E-state index contributed by atoms with van der Waals surface area (Å²) in [5.41, 5.74) is -0.393. The number of halogens is 2. The lowest BCUT2D eigenvalue weighted by molar-refractivity contribution is 0.0652. The van der Waals surface area contributed by atoms with Crippen LogP contribution in [0.15, 0.2) is 22.7 Å². The normalized spacial score (nSPS) is 10.5. The highest BCUT2D eigenvalue weighted by Gasteiger charge is 2.17. The Bertz CT molecular complexity index is 594. The van der Waals surface area contributed by atoms with E-state index in [4.69, 9.17) is 10.2 Å². The molecule has 2 rings (SSSR count). The maximum absolute atomic E-state index is 13.3. The van der Waals surface area contributed by atoms with Gasteiger partial charge < -0.3 is 14.7 Å². The Morgan fingerprint density at radius 3 is 2.53 bits per heavy atom. The quantitative estimate of drug-likeness (QED) is 0.840. The summed E-state index contributed by atoms with van der Waals surface area (Å²) >= 11 is 0. The monoisotopic (exact) mass is 241 g/mol. The van der Waals surface area contributed by atoms with Crippen molar-refractivity contribution in [2.24, 2.45) is 0 Å². The lowest BCUT2D eigenvalue weighted by Crippen LogP contribution is -1.92. The van der Waals surface area contributed by atoms with E-state index in [1.54, 1.807) is 0 Å². The van der Waals surface area contributed by atoms with Gasteiger partial charge in [-0.05, 0) is 6.07 Å². The first-order chi connectivity index (χ1) is 7.99. The zero-order valence-corrected chi connectivity index (χ0v) is 8.15. The molecule has 88 valence electrons. The average Bonchev–Trinajstić information content (AvgIpc) is 2.72. The number of carbonyl (C=O) groups is 1. The number of carboxylic acid groups (broad SMARTS) is 1. The van der Waals surface area contributed by atoms with Gasteiger partial charge in [0.25, 0.3) is 0 Å². The molecule has 0 aliphatic carbocycles. The highest BCUT2D eigenvalue weighted by Crippen LogP contribution is 2.28. The second-order valence-corrected chi connectivity index (χ2v) is 3.17. The van der Waals surface area contributed by atoms with Gasteiger partial charge >= 0.3 is 5.97 Å². The van der Waals surface area contributed by atoms with Crippen LogP contribution in [0.4, 0.5) is 8.78 Å². The van der Waals surface area contributed by atoms with Gasteiger partial charge in [-0.25, -0.2) is 13.6 Å². The molecule has 0 radical (unpaired) electrons. The first-order valence-corrected chi connectivity index (χ1v) is 4.37. The number of hydrogen-bond acceptors (Lipinski definition) is 4. The number of benzene rings is 1. The number of aromatic hydroxyl groups is 1. The fourth-order valence-electron chi connectivity index (χ4n) is 1.24. The van der Waals surface area contributed by atoms with E-state index >= 15 is 0 Å². The van der Waals surface area contributed by atoms with Gasteiger partial charge in [0.1, 0.15) is 11.5 Å². The summed E-state index contributed by atoms with van der Waals surface area (Å²) in [4.78, 5) is 10.5. The van der Waals surface area contributed by atoms with Crippen LogP contribution in [-0.2, 0) is 0 Å². The van der Waals surface area contributed by atoms with Crippen LogP contribution in [0.25, 0.3) is 11.3 Å². The summed E-state index contributed by atoms with van der Waals surface area (Å²) < 4.78 is 30.5. The van der Waals surface area contributed by atoms with Crippen molar-refractivity contribution < 1.29 is 28.3 Å². The largest absolute Gasteiger partial charge is 0.505 e. The number of phenolic OH excluding ortho intramolecular Hbond substituents is 1. The van der Waals surface area contributed by atoms with E-state index in [1.807, 2.05) is 0 Å². The number of rotatable bonds is 2. The van der Waals surface area contributed by atoms with E-state index in [-0.39, 0.29) is 11.3 Å². The molecule has 17 heavy (non-hydrogen) atoms. The van der Waals surface area contributed by atoms with Crippen molar-refractivity contribution in [1.82, 2.24) is 5.16 Å². The fraction of sp³-hybridized carbons (Fsp3) is 0. The Labute approximate surface area is 92.9 Å². The molecule has 0 saturated carbocycles. The minimum absolute atomic E-state index is 0.143. The molecule has 0 fully saturated rings. The van der Waals surface area contributed by atoms with E-state index < -0.39 is 29.1 Å². The Morgan fingerprint density at radius 2 is 1.94 bits per heavy atom. The second-order valence-electron chi connectivity index (χ2n) is 3.17. The lowest BCUT2D eigenvalue weighted by Gasteiger charge is -2.00. The van der Waals surface area contributed by atoms with Crippen molar-refractivity contribution in [1.29, 1.82) is 0 Å². The number of nitrogens with zero attached hydrogens (tertiary/aromatic N) is 1. The smallest absolute Gasteiger partial charge is 0.374 e. The summed E-state index contributed by atoms with van der Waals surface area (Å²) in [6.45, 7) is 0. The van der Waals surface area contributed by atoms with E-state index in [2.05, 4.69) is 9.68 Å². The molecule has 0 aliphatic rings. The molecule has 0 aliphatic heterocycles. The van der Waals surface area contributed by atoms with Crippen LogP contribution in [0, 0.1) is 11.6 Å². The van der Waals surface area contributed by atoms with Crippen molar-refractivity contribution in [3.63, 3.8) is 0 Å². The summed E-state index contributed by atoms with van der Waals surface area (Å²) in [7, 11) is 0. The maximum Gasteiger partial charge on any atom is 0.374 e. The van der Waals surface area contributed by atoms with Gasteiger partial charge in [0.15, 0.2) is 11.6 Å². The molecule has 7 heteroatoms. The van der Waals surface area contributed by atoms with Crippen LogP contribution < -0.4 is 0 Å². The molecule has 1 heterocycles. The summed E-state index contributed by atoms with van der Waals surface area (Å²) in [6.07, 6.45) is 0. The molecule has 0 amide bonds. The van der Waals surface area contributed by atoms with Gasteiger partial charge in [-0.2, -0.15) is 0 Å². The molecular weight excluding hydrogens is 236 g/mol. The molecule has 1 aromatic carbocycles. The van der Waals surface area contributed by atoms with E-state index in [1.165, 1.54) is 0 Å². The summed E-state index contributed by atoms with van der Waals surface area (Å²) in [5.74, 6) is -4.71. The number of aromatic carboxylic acids is 1. The van der Waals surface area contributed by atoms with Gasteiger partial charge in [0.05, 0.1) is 0 Å². The predicted octanol–water partition coefficient (Wildman–Crippen LogP) is 2.02. The van der Waals surface area contributed by atoms with Crippen LogP contribution in [0.1, 0.15) is 10.6 Å². The maximum atomic E-state index is 13.3. The topological polar surface area (TPSA) is 83.6 Å². The molecule has 0 atom stereocenters. The molecule has 0 spiro atoms. The average molecular weight is 241 g/mol. The van der Waals surface area contributed by atoms with Gasteiger partial charge in [0.2, 0.25) is 5.76 Å². The van der Waals surface area contributed by atoms with Crippen molar-refractivity contribution in [2.45, 2.75) is 0 Å². The van der Waals surface area contributed by atoms with E-state index in [0.29, 0.717) is 6.07 Å². The van der Waals surface area contributed by atoms with Crippen molar-refractivity contribution in [3.05, 3.63) is 35.6 Å². The minimum atomic E-state index is -1.37.